The van der Waals surface area contributed by atoms with Crippen molar-refractivity contribution < 1.29 is 9.59 Å². The van der Waals surface area contributed by atoms with E-state index in [0.29, 0.717) is 17.5 Å². The maximum absolute atomic E-state index is 12.2. The van der Waals surface area contributed by atoms with Crippen LogP contribution < -0.4 is 10.6 Å². The lowest BCUT2D eigenvalue weighted by Crippen LogP contribution is -2.18. The molecule has 0 saturated heterocycles. The Hall–Kier alpha value is -1.95. The predicted octanol–water partition coefficient (Wildman–Crippen LogP) is 4.16. The van der Waals surface area contributed by atoms with Gasteiger partial charge in [0.1, 0.15) is 0 Å². The maximum Gasteiger partial charge on any atom is 0.224 e. The number of nitrogens with one attached hydrogen (secondary N) is 2. The fraction of sp³-hybridized carbons (Fsp3) is 0.471. The molecule has 0 aliphatic heterocycles. The van der Waals surface area contributed by atoms with E-state index in [-0.39, 0.29) is 11.8 Å². The number of benzene rings is 1. The van der Waals surface area contributed by atoms with Gasteiger partial charge in [0.05, 0.1) is 10.2 Å². The molecule has 1 saturated carbocycles. The molecule has 0 bridgehead atoms. The van der Waals surface area contributed by atoms with Crippen LogP contribution in [0.5, 0.6) is 0 Å². The van der Waals surface area contributed by atoms with Gasteiger partial charge in [0.2, 0.25) is 11.8 Å². The van der Waals surface area contributed by atoms with E-state index in [1.54, 1.807) is 0 Å². The highest BCUT2D eigenvalue weighted by molar-refractivity contribution is 7.22. The summed E-state index contributed by atoms with van der Waals surface area (Å²) in [4.78, 5) is 27.6. The number of hydrogen-bond acceptors (Lipinski definition) is 4. The fourth-order valence-electron chi connectivity index (χ4n) is 3.07. The van der Waals surface area contributed by atoms with Crippen LogP contribution in [0, 0.1) is 5.92 Å². The smallest absolute Gasteiger partial charge is 0.224 e. The van der Waals surface area contributed by atoms with Gasteiger partial charge >= 0.3 is 0 Å². The Bertz CT molecular complexity index is 720. The topological polar surface area (TPSA) is 71.1 Å². The molecule has 0 spiro atoms. The third-order valence-corrected chi connectivity index (χ3v) is 5.09. The molecule has 0 radical (unpaired) electrons. The number of nitrogens with zero attached hydrogens (tertiary/aromatic N) is 1. The number of anilines is 2. The van der Waals surface area contributed by atoms with E-state index in [9.17, 15) is 9.59 Å². The number of fused-ring (bicyclic) bond motifs is 1. The van der Waals surface area contributed by atoms with E-state index in [0.717, 1.165) is 15.9 Å². The summed E-state index contributed by atoms with van der Waals surface area (Å²) < 4.78 is 0.948. The Labute approximate surface area is 139 Å². The summed E-state index contributed by atoms with van der Waals surface area (Å²) in [5.74, 6) is 0.482. The SMILES string of the molecule is CC(=O)Nc1nc2ccc(NC(=O)CC3CCCCC3)cc2s1. The van der Waals surface area contributed by atoms with E-state index in [1.165, 1.54) is 50.4 Å². The summed E-state index contributed by atoms with van der Waals surface area (Å²) in [6.45, 7) is 1.46. The van der Waals surface area contributed by atoms with Gasteiger partial charge in [0.15, 0.2) is 5.13 Å². The first-order chi connectivity index (χ1) is 11.1. The molecule has 1 aromatic carbocycles. The highest BCUT2D eigenvalue weighted by Gasteiger charge is 2.17. The number of rotatable bonds is 4. The van der Waals surface area contributed by atoms with Crippen molar-refractivity contribution in [2.45, 2.75) is 45.4 Å². The van der Waals surface area contributed by atoms with Crippen molar-refractivity contribution in [3.8, 4) is 0 Å². The van der Waals surface area contributed by atoms with Crippen LogP contribution in [0.1, 0.15) is 45.4 Å². The van der Waals surface area contributed by atoms with Crippen molar-refractivity contribution in [1.82, 2.24) is 4.98 Å². The first-order valence-corrected chi connectivity index (χ1v) is 8.90. The molecule has 2 aromatic rings. The van der Waals surface area contributed by atoms with Gasteiger partial charge in [-0.2, -0.15) is 0 Å². The van der Waals surface area contributed by atoms with E-state index in [1.807, 2.05) is 18.2 Å². The molecule has 6 heteroatoms. The molecule has 0 atom stereocenters. The van der Waals surface area contributed by atoms with Gasteiger partial charge < -0.3 is 10.6 Å². The minimum absolute atomic E-state index is 0.0860. The molecule has 0 unspecified atom stereocenters. The molecule has 5 nitrogen and oxygen atoms in total. The second-order valence-electron chi connectivity index (χ2n) is 6.14. The van der Waals surface area contributed by atoms with Gasteiger partial charge in [-0.05, 0) is 37.0 Å². The van der Waals surface area contributed by atoms with Crippen LogP contribution in [0.25, 0.3) is 10.2 Å². The third-order valence-electron chi connectivity index (χ3n) is 4.15. The molecule has 23 heavy (non-hydrogen) atoms. The molecule has 2 N–H and O–H groups in total. The van der Waals surface area contributed by atoms with Crippen molar-refractivity contribution in [2.24, 2.45) is 5.92 Å². The summed E-state index contributed by atoms with van der Waals surface area (Å²) in [6, 6.07) is 5.64. The Morgan fingerprint density at radius 1 is 1.22 bits per heavy atom. The van der Waals surface area contributed by atoms with Gasteiger partial charge in [-0.1, -0.05) is 30.6 Å². The minimum Gasteiger partial charge on any atom is -0.326 e. The highest BCUT2D eigenvalue weighted by atomic mass is 32.1. The Balaban J connectivity index is 1.65. The summed E-state index contributed by atoms with van der Waals surface area (Å²) in [5.41, 5.74) is 1.61. The lowest BCUT2D eigenvalue weighted by atomic mass is 9.87. The molecule has 3 rings (SSSR count). The lowest BCUT2D eigenvalue weighted by molar-refractivity contribution is -0.117. The quantitative estimate of drug-likeness (QED) is 0.883. The molecule has 1 fully saturated rings. The monoisotopic (exact) mass is 331 g/mol. The predicted molar refractivity (Wildman–Crippen MR) is 93.7 cm³/mol. The number of aromatic nitrogens is 1. The molecule has 1 aliphatic carbocycles. The zero-order chi connectivity index (χ0) is 16.2. The summed E-state index contributed by atoms with van der Waals surface area (Å²) >= 11 is 1.41. The molecule has 1 heterocycles. The molecule has 1 aromatic heterocycles. The van der Waals surface area contributed by atoms with Crippen LogP contribution in [0.15, 0.2) is 18.2 Å². The van der Waals surface area contributed by atoms with Gasteiger partial charge in [0, 0.05) is 19.0 Å². The largest absolute Gasteiger partial charge is 0.326 e. The van der Waals surface area contributed by atoms with Crippen LogP contribution in [-0.2, 0) is 9.59 Å². The Morgan fingerprint density at radius 3 is 2.74 bits per heavy atom. The van der Waals surface area contributed by atoms with Crippen LogP contribution >= 0.6 is 11.3 Å². The number of amides is 2. The highest BCUT2D eigenvalue weighted by Crippen LogP contribution is 2.29. The minimum atomic E-state index is -0.134. The molecule has 1 aliphatic rings. The number of carbonyl (C=O) groups excluding carboxylic acids is 2. The zero-order valence-corrected chi connectivity index (χ0v) is 14.0. The van der Waals surface area contributed by atoms with Crippen LogP contribution in [0.4, 0.5) is 10.8 Å². The van der Waals surface area contributed by atoms with E-state index < -0.39 is 0 Å². The van der Waals surface area contributed by atoms with Gasteiger partial charge in [-0.15, -0.1) is 0 Å². The first-order valence-electron chi connectivity index (χ1n) is 8.08. The first kappa shape index (κ1) is 15.9. The summed E-state index contributed by atoms with van der Waals surface area (Å²) in [6.07, 6.45) is 6.74. The fourth-order valence-corrected chi connectivity index (χ4v) is 4.02. The molecule has 2 amide bonds. The molecular formula is C17H21N3O2S. The lowest BCUT2D eigenvalue weighted by Gasteiger charge is -2.20. The maximum atomic E-state index is 12.2. The van der Waals surface area contributed by atoms with Crippen molar-refractivity contribution >= 4 is 44.2 Å². The average Bonchev–Trinajstić information content (AvgIpc) is 2.88. The normalized spacial score (nSPS) is 15.5. The second kappa shape index (κ2) is 7.08. The van der Waals surface area contributed by atoms with Crippen LogP contribution in [-0.4, -0.2) is 16.8 Å². The molecular weight excluding hydrogens is 310 g/mol. The van der Waals surface area contributed by atoms with Crippen LogP contribution in [0.3, 0.4) is 0 Å². The molecule has 122 valence electrons. The van der Waals surface area contributed by atoms with Crippen molar-refractivity contribution in [3.63, 3.8) is 0 Å². The Morgan fingerprint density at radius 2 is 2.00 bits per heavy atom. The van der Waals surface area contributed by atoms with Crippen molar-refractivity contribution in [2.75, 3.05) is 10.6 Å². The van der Waals surface area contributed by atoms with E-state index >= 15 is 0 Å². The van der Waals surface area contributed by atoms with Crippen molar-refractivity contribution in [1.29, 1.82) is 0 Å². The van der Waals surface area contributed by atoms with Crippen molar-refractivity contribution in [3.05, 3.63) is 18.2 Å². The Kier molecular flexibility index (Phi) is 4.91. The van der Waals surface area contributed by atoms with Gasteiger partial charge in [-0.25, -0.2) is 4.98 Å². The number of hydrogen-bond donors (Lipinski definition) is 2. The van der Waals surface area contributed by atoms with Gasteiger partial charge in [-0.3, -0.25) is 9.59 Å². The standard InChI is InChI=1S/C17H21N3O2S/c1-11(21)18-17-20-14-8-7-13(10-15(14)23-17)19-16(22)9-12-5-3-2-4-6-12/h7-8,10,12H,2-6,9H2,1H3,(H,19,22)(H,18,20,21). The van der Waals surface area contributed by atoms with E-state index in [2.05, 4.69) is 15.6 Å². The number of carbonyl (C=O) groups is 2. The number of thiazole rings is 1. The third kappa shape index (κ3) is 4.28. The van der Waals surface area contributed by atoms with E-state index in [4.69, 9.17) is 0 Å². The summed E-state index contributed by atoms with van der Waals surface area (Å²) in [5, 5.41) is 6.26. The average molecular weight is 331 g/mol. The zero-order valence-electron chi connectivity index (χ0n) is 13.2. The second-order valence-corrected chi connectivity index (χ2v) is 7.17. The van der Waals surface area contributed by atoms with Crippen LogP contribution in [0.2, 0.25) is 0 Å². The van der Waals surface area contributed by atoms with Gasteiger partial charge in [0.25, 0.3) is 0 Å². The summed E-state index contributed by atoms with van der Waals surface area (Å²) in [7, 11) is 0.